The fourth-order valence-corrected chi connectivity index (χ4v) is 2.12. The van der Waals surface area contributed by atoms with Crippen molar-refractivity contribution in [3.05, 3.63) is 0 Å². The van der Waals surface area contributed by atoms with E-state index < -0.39 is 9.75 Å². The van der Waals surface area contributed by atoms with Gasteiger partial charge in [-0.1, -0.05) is 0 Å². The number of esters is 1. The standard InChI is InChI=1S/C10H15Cl2NO3/c1-6(4-7(14)16-3)13-8(15)9(2)5-10(9,11)12/h6H,4-5H2,1-3H3,(H,13,15). The summed E-state index contributed by atoms with van der Waals surface area (Å²) in [5.41, 5.74) is -0.750. The minimum Gasteiger partial charge on any atom is -0.469 e. The van der Waals surface area contributed by atoms with E-state index in [9.17, 15) is 9.59 Å². The first-order chi connectivity index (χ1) is 7.23. The number of hydrogen-bond acceptors (Lipinski definition) is 3. The lowest BCUT2D eigenvalue weighted by Crippen LogP contribution is -2.40. The van der Waals surface area contributed by atoms with Gasteiger partial charge in [-0.3, -0.25) is 9.59 Å². The van der Waals surface area contributed by atoms with Crippen molar-refractivity contribution in [2.24, 2.45) is 5.41 Å². The van der Waals surface area contributed by atoms with Crippen molar-refractivity contribution in [2.75, 3.05) is 7.11 Å². The molecule has 0 saturated heterocycles. The molecule has 0 bridgehead atoms. The zero-order valence-corrected chi connectivity index (χ0v) is 11.0. The third-order valence-corrected chi connectivity index (χ3v) is 3.94. The molecule has 2 atom stereocenters. The van der Waals surface area contributed by atoms with Crippen LogP contribution >= 0.6 is 23.2 Å². The average molecular weight is 268 g/mol. The quantitative estimate of drug-likeness (QED) is 0.623. The van der Waals surface area contributed by atoms with Crippen LogP contribution in [0.3, 0.4) is 0 Å². The van der Waals surface area contributed by atoms with Crippen LogP contribution in [-0.4, -0.2) is 29.4 Å². The molecule has 1 rings (SSSR count). The lowest BCUT2D eigenvalue weighted by Gasteiger charge is -2.17. The Morgan fingerprint density at radius 2 is 2.00 bits per heavy atom. The number of hydrogen-bond donors (Lipinski definition) is 1. The maximum absolute atomic E-state index is 11.8. The van der Waals surface area contributed by atoms with Gasteiger partial charge in [-0.05, 0) is 20.3 Å². The molecule has 0 aromatic heterocycles. The van der Waals surface area contributed by atoms with Gasteiger partial charge < -0.3 is 10.1 Å². The van der Waals surface area contributed by atoms with Gasteiger partial charge in [-0.25, -0.2) is 0 Å². The number of carbonyl (C=O) groups excluding carboxylic acids is 2. The van der Waals surface area contributed by atoms with Crippen LogP contribution < -0.4 is 5.32 Å². The predicted molar refractivity (Wildman–Crippen MR) is 61.4 cm³/mol. The fraction of sp³-hybridized carbons (Fsp3) is 0.800. The monoisotopic (exact) mass is 267 g/mol. The molecule has 1 amide bonds. The van der Waals surface area contributed by atoms with E-state index >= 15 is 0 Å². The Kier molecular flexibility index (Phi) is 3.75. The van der Waals surface area contributed by atoms with Gasteiger partial charge >= 0.3 is 5.97 Å². The fourth-order valence-electron chi connectivity index (χ4n) is 1.41. The van der Waals surface area contributed by atoms with E-state index in [1.54, 1.807) is 13.8 Å². The van der Waals surface area contributed by atoms with Crippen molar-refractivity contribution < 1.29 is 14.3 Å². The number of ether oxygens (including phenoxy) is 1. The topological polar surface area (TPSA) is 55.4 Å². The Morgan fingerprint density at radius 1 is 1.50 bits per heavy atom. The lowest BCUT2D eigenvalue weighted by molar-refractivity contribution is -0.141. The van der Waals surface area contributed by atoms with E-state index in [2.05, 4.69) is 10.1 Å². The number of methoxy groups -OCH3 is 1. The molecule has 0 aromatic carbocycles. The molecule has 1 N–H and O–H groups in total. The predicted octanol–water partition coefficient (Wildman–Crippen LogP) is 1.64. The second-order valence-electron chi connectivity index (χ2n) is 4.37. The molecule has 92 valence electrons. The smallest absolute Gasteiger partial charge is 0.307 e. The van der Waals surface area contributed by atoms with Crippen LogP contribution in [-0.2, 0) is 14.3 Å². The zero-order valence-electron chi connectivity index (χ0n) is 9.47. The maximum Gasteiger partial charge on any atom is 0.307 e. The minimum absolute atomic E-state index is 0.135. The van der Waals surface area contributed by atoms with Gasteiger partial charge in [0.1, 0.15) is 4.33 Å². The summed E-state index contributed by atoms with van der Waals surface area (Å²) in [6, 6.07) is -0.290. The molecule has 1 aliphatic carbocycles. The first-order valence-corrected chi connectivity index (χ1v) is 5.74. The number of rotatable bonds is 4. The van der Waals surface area contributed by atoms with Gasteiger partial charge in [-0.2, -0.15) is 0 Å². The van der Waals surface area contributed by atoms with Crippen molar-refractivity contribution in [2.45, 2.75) is 37.1 Å². The van der Waals surface area contributed by atoms with Crippen LogP contribution in [0, 0.1) is 5.41 Å². The van der Waals surface area contributed by atoms with E-state index in [-0.39, 0.29) is 24.3 Å². The van der Waals surface area contributed by atoms with Crippen LogP contribution in [0.1, 0.15) is 26.7 Å². The molecule has 1 fully saturated rings. The van der Waals surface area contributed by atoms with E-state index in [0.717, 1.165) is 0 Å². The molecule has 0 aromatic rings. The Bertz CT molecular complexity index is 319. The third kappa shape index (κ3) is 2.61. The van der Waals surface area contributed by atoms with Crippen molar-refractivity contribution in [1.29, 1.82) is 0 Å². The largest absolute Gasteiger partial charge is 0.469 e. The van der Waals surface area contributed by atoms with Crippen LogP contribution in [0.2, 0.25) is 0 Å². The van der Waals surface area contributed by atoms with Crippen molar-refractivity contribution in [3.63, 3.8) is 0 Å². The van der Waals surface area contributed by atoms with Crippen LogP contribution in [0.15, 0.2) is 0 Å². The molecule has 0 heterocycles. The molecule has 0 spiro atoms. The van der Waals surface area contributed by atoms with Gasteiger partial charge in [0.25, 0.3) is 0 Å². The van der Waals surface area contributed by atoms with E-state index in [0.29, 0.717) is 6.42 Å². The maximum atomic E-state index is 11.8. The number of carbonyl (C=O) groups is 2. The lowest BCUT2D eigenvalue weighted by atomic mass is 10.1. The molecule has 4 nitrogen and oxygen atoms in total. The summed E-state index contributed by atoms with van der Waals surface area (Å²) in [5, 5.41) is 2.69. The van der Waals surface area contributed by atoms with E-state index in [1.165, 1.54) is 7.11 Å². The summed E-state index contributed by atoms with van der Waals surface area (Å²) in [7, 11) is 1.31. The highest BCUT2D eigenvalue weighted by atomic mass is 35.5. The summed E-state index contributed by atoms with van der Waals surface area (Å²) in [6.45, 7) is 3.43. The summed E-state index contributed by atoms with van der Waals surface area (Å²) in [4.78, 5) is 22.8. The normalized spacial score (nSPS) is 28.1. The SMILES string of the molecule is COC(=O)CC(C)NC(=O)C1(C)CC1(Cl)Cl. The van der Waals surface area contributed by atoms with Gasteiger partial charge in [0.2, 0.25) is 5.91 Å². The van der Waals surface area contributed by atoms with Crippen LogP contribution in [0.25, 0.3) is 0 Å². The molecule has 0 radical (unpaired) electrons. The Hall–Kier alpha value is -0.480. The van der Waals surface area contributed by atoms with Crippen LogP contribution in [0.5, 0.6) is 0 Å². The molecule has 6 heteroatoms. The molecule has 1 saturated carbocycles. The second-order valence-corrected chi connectivity index (χ2v) is 5.85. The Balaban J connectivity index is 2.44. The van der Waals surface area contributed by atoms with Crippen molar-refractivity contribution in [1.82, 2.24) is 5.32 Å². The van der Waals surface area contributed by atoms with Gasteiger partial charge in [0, 0.05) is 6.04 Å². The third-order valence-electron chi connectivity index (χ3n) is 2.84. The highest BCUT2D eigenvalue weighted by Gasteiger charge is 2.67. The van der Waals surface area contributed by atoms with Crippen LogP contribution in [0.4, 0.5) is 0 Å². The van der Waals surface area contributed by atoms with Crippen molar-refractivity contribution in [3.8, 4) is 0 Å². The summed E-state index contributed by atoms with van der Waals surface area (Å²) >= 11 is 11.7. The number of amides is 1. The zero-order chi connectivity index (χ0) is 12.6. The van der Waals surface area contributed by atoms with Gasteiger partial charge in [-0.15, -0.1) is 23.2 Å². The molecule has 1 aliphatic rings. The minimum atomic E-state index is -0.984. The number of alkyl halides is 2. The van der Waals surface area contributed by atoms with E-state index in [4.69, 9.17) is 23.2 Å². The van der Waals surface area contributed by atoms with E-state index in [1.807, 2.05) is 0 Å². The second kappa shape index (κ2) is 4.41. The number of nitrogens with one attached hydrogen (secondary N) is 1. The molecular weight excluding hydrogens is 253 g/mol. The van der Waals surface area contributed by atoms with Gasteiger partial charge in [0.05, 0.1) is 18.9 Å². The first-order valence-electron chi connectivity index (χ1n) is 4.98. The average Bonchev–Trinajstić information content (AvgIpc) is 2.67. The molecule has 0 aliphatic heterocycles. The van der Waals surface area contributed by atoms with Gasteiger partial charge in [0.15, 0.2) is 0 Å². The Labute approximate surface area is 105 Å². The summed E-state index contributed by atoms with van der Waals surface area (Å²) in [6.07, 6.45) is 0.565. The van der Waals surface area contributed by atoms with Crippen molar-refractivity contribution >= 4 is 35.1 Å². The molecule has 16 heavy (non-hydrogen) atoms. The summed E-state index contributed by atoms with van der Waals surface area (Å²) in [5.74, 6) is -0.592. The Morgan fingerprint density at radius 3 is 2.38 bits per heavy atom. The highest BCUT2D eigenvalue weighted by Crippen LogP contribution is 2.63. The molecule has 2 unspecified atom stereocenters. The first kappa shape index (κ1) is 13.6. The number of halogens is 2. The summed E-state index contributed by atoms with van der Waals surface area (Å²) < 4.78 is 3.52. The molecular formula is C10H15Cl2NO3. The highest BCUT2D eigenvalue weighted by molar-refractivity contribution is 6.53.